The van der Waals surface area contributed by atoms with E-state index in [2.05, 4.69) is 17.5 Å². The number of piperidine rings is 1. The van der Waals surface area contributed by atoms with Crippen LogP contribution in [0.25, 0.3) is 11.0 Å². The topological polar surface area (TPSA) is 71.8 Å². The van der Waals surface area contributed by atoms with Gasteiger partial charge in [0.15, 0.2) is 12.4 Å². The van der Waals surface area contributed by atoms with Crippen molar-refractivity contribution < 1.29 is 18.7 Å². The van der Waals surface area contributed by atoms with E-state index in [-0.39, 0.29) is 23.8 Å². The van der Waals surface area contributed by atoms with Crippen molar-refractivity contribution in [2.24, 2.45) is 5.41 Å². The molecular formula is C27H28N2O4. The third kappa shape index (κ3) is 4.65. The molecule has 33 heavy (non-hydrogen) atoms. The molecule has 1 aromatic heterocycles. The Labute approximate surface area is 193 Å². The Kier molecular flexibility index (Phi) is 5.90. The van der Waals surface area contributed by atoms with Gasteiger partial charge >= 0.3 is 0 Å². The van der Waals surface area contributed by atoms with Gasteiger partial charge in [0.1, 0.15) is 11.3 Å². The zero-order valence-corrected chi connectivity index (χ0v) is 18.6. The summed E-state index contributed by atoms with van der Waals surface area (Å²) in [5, 5.41) is 4.00. The Hall–Kier alpha value is -3.54. The SMILES string of the molecule is O=C1COc2ccccc2C/C=C/CC2(CCN(C(=O)c3cc4ccccc4o3)CC2)CN1. The molecule has 1 saturated heterocycles. The van der Waals surface area contributed by atoms with Crippen molar-refractivity contribution in [3.05, 3.63) is 78.1 Å². The van der Waals surface area contributed by atoms with E-state index in [1.54, 1.807) is 0 Å². The van der Waals surface area contributed by atoms with Crippen LogP contribution in [0.4, 0.5) is 0 Å². The molecule has 2 aliphatic heterocycles. The lowest BCUT2D eigenvalue weighted by atomic mass is 9.75. The first-order chi connectivity index (χ1) is 16.1. The molecule has 2 amide bonds. The largest absolute Gasteiger partial charge is 0.483 e. The minimum absolute atomic E-state index is 0.00741. The number of ether oxygens (including phenoxy) is 1. The maximum atomic E-state index is 13.0. The first-order valence-electron chi connectivity index (χ1n) is 11.5. The summed E-state index contributed by atoms with van der Waals surface area (Å²) in [7, 11) is 0. The van der Waals surface area contributed by atoms with Gasteiger partial charge in [-0.2, -0.15) is 0 Å². The Balaban J connectivity index is 1.28. The molecule has 0 atom stereocenters. The van der Waals surface area contributed by atoms with E-state index in [9.17, 15) is 9.59 Å². The van der Waals surface area contributed by atoms with E-state index < -0.39 is 0 Å². The fourth-order valence-electron chi connectivity index (χ4n) is 4.72. The average molecular weight is 445 g/mol. The van der Waals surface area contributed by atoms with Gasteiger partial charge in [-0.15, -0.1) is 0 Å². The van der Waals surface area contributed by atoms with Crippen LogP contribution in [0.1, 0.15) is 35.4 Å². The number of carbonyl (C=O) groups excluding carboxylic acids is 2. The number of nitrogens with one attached hydrogen (secondary N) is 1. The predicted molar refractivity (Wildman–Crippen MR) is 126 cm³/mol. The quantitative estimate of drug-likeness (QED) is 0.567. The molecule has 6 nitrogen and oxygen atoms in total. The summed E-state index contributed by atoms with van der Waals surface area (Å²) in [4.78, 5) is 27.4. The highest BCUT2D eigenvalue weighted by molar-refractivity contribution is 5.96. The number of furan rings is 1. The predicted octanol–water partition coefficient (Wildman–Crippen LogP) is 4.35. The van der Waals surface area contributed by atoms with Crippen LogP contribution in [0.15, 0.2) is 71.2 Å². The van der Waals surface area contributed by atoms with Crippen molar-refractivity contribution in [3.63, 3.8) is 0 Å². The molecule has 3 heterocycles. The molecule has 2 aromatic carbocycles. The van der Waals surface area contributed by atoms with Gasteiger partial charge in [-0.05, 0) is 54.9 Å². The Morgan fingerprint density at radius 3 is 2.64 bits per heavy atom. The molecule has 0 radical (unpaired) electrons. The summed E-state index contributed by atoms with van der Waals surface area (Å²) in [5.41, 5.74) is 1.72. The molecule has 170 valence electrons. The monoisotopic (exact) mass is 444 g/mol. The Bertz CT molecular complexity index is 1150. The summed E-state index contributed by atoms with van der Waals surface area (Å²) in [5.74, 6) is 0.952. The molecular weight excluding hydrogens is 416 g/mol. The third-order valence-corrected chi connectivity index (χ3v) is 6.79. The lowest BCUT2D eigenvalue weighted by molar-refractivity contribution is -0.123. The van der Waals surface area contributed by atoms with Crippen LogP contribution < -0.4 is 10.1 Å². The van der Waals surface area contributed by atoms with E-state index in [0.717, 1.165) is 48.0 Å². The third-order valence-electron chi connectivity index (χ3n) is 6.79. The molecule has 5 rings (SSSR count). The van der Waals surface area contributed by atoms with Crippen molar-refractivity contribution in [2.75, 3.05) is 26.2 Å². The van der Waals surface area contributed by atoms with Crippen LogP contribution in [0.5, 0.6) is 5.75 Å². The fraction of sp³-hybridized carbons (Fsp3) is 0.333. The van der Waals surface area contributed by atoms with Crippen LogP contribution in [-0.2, 0) is 11.2 Å². The van der Waals surface area contributed by atoms with Gasteiger partial charge in [0.25, 0.3) is 11.8 Å². The fourth-order valence-corrected chi connectivity index (χ4v) is 4.72. The lowest BCUT2D eigenvalue weighted by Crippen LogP contribution is -2.48. The number of para-hydroxylation sites is 2. The van der Waals surface area contributed by atoms with E-state index in [1.807, 2.05) is 59.5 Å². The molecule has 0 aliphatic carbocycles. The highest BCUT2D eigenvalue weighted by Gasteiger charge is 2.36. The van der Waals surface area contributed by atoms with Gasteiger partial charge in [0.05, 0.1) is 0 Å². The number of carbonyl (C=O) groups is 2. The number of amides is 2. The molecule has 0 bridgehead atoms. The van der Waals surface area contributed by atoms with Crippen molar-refractivity contribution in [1.29, 1.82) is 0 Å². The summed E-state index contributed by atoms with van der Waals surface area (Å²) in [6, 6.07) is 17.3. The van der Waals surface area contributed by atoms with Crippen molar-refractivity contribution in [3.8, 4) is 5.75 Å². The second-order valence-corrected chi connectivity index (χ2v) is 8.99. The van der Waals surface area contributed by atoms with Gasteiger partial charge in [0, 0.05) is 25.0 Å². The molecule has 2 aliphatic rings. The number of allylic oxidation sites excluding steroid dienone is 2. The minimum Gasteiger partial charge on any atom is -0.483 e. The van der Waals surface area contributed by atoms with Crippen LogP contribution in [0, 0.1) is 5.41 Å². The van der Waals surface area contributed by atoms with Crippen molar-refractivity contribution >= 4 is 22.8 Å². The zero-order valence-electron chi connectivity index (χ0n) is 18.6. The Morgan fingerprint density at radius 1 is 1.00 bits per heavy atom. The number of nitrogens with zero attached hydrogens (tertiary/aromatic N) is 1. The lowest BCUT2D eigenvalue weighted by Gasteiger charge is -2.41. The van der Waals surface area contributed by atoms with Crippen LogP contribution in [0.3, 0.4) is 0 Å². The normalized spacial score (nSPS) is 19.6. The van der Waals surface area contributed by atoms with E-state index in [4.69, 9.17) is 9.15 Å². The number of likely N-dealkylation sites (tertiary alicyclic amines) is 1. The molecule has 0 unspecified atom stereocenters. The molecule has 3 aromatic rings. The number of benzene rings is 2. The van der Waals surface area contributed by atoms with Gasteiger partial charge in [-0.1, -0.05) is 48.6 Å². The second kappa shape index (κ2) is 9.14. The maximum absolute atomic E-state index is 13.0. The first-order valence-corrected chi connectivity index (χ1v) is 11.5. The van der Waals surface area contributed by atoms with E-state index in [0.29, 0.717) is 25.4 Å². The summed E-state index contributed by atoms with van der Waals surface area (Å²) in [6.45, 7) is 1.86. The van der Waals surface area contributed by atoms with Gasteiger partial charge in [0.2, 0.25) is 0 Å². The number of hydrogen-bond acceptors (Lipinski definition) is 4. The van der Waals surface area contributed by atoms with Gasteiger partial charge < -0.3 is 19.4 Å². The molecule has 1 spiro atoms. The van der Waals surface area contributed by atoms with E-state index in [1.165, 1.54) is 0 Å². The van der Waals surface area contributed by atoms with Gasteiger partial charge in [-0.3, -0.25) is 9.59 Å². The summed E-state index contributed by atoms with van der Waals surface area (Å²) >= 11 is 0. The standard InChI is InChI=1S/C27H28N2O4/c30-25-18-32-22-10-3-1-7-20(22)8-5-6-12-27(19-28-25)13-15-29(16-14-27)26(31)24-17-21-9-2-4-11-23(21)33-24/h1-7,9-11,17H,8,12-16,18-19H2,(H,28,30)/b6-5+. The van der Waals surface area contributed by atoms with Crippen LogP contribution >= 0.6 is 0 Å². The number of fused-ring (bicyclic) bond motifs is 2. The smallest absolute Gasteiger partial charge is 0.289 e. The van der Waals surface area contributed by atoms with Crippen molar-refractivity contribution in [1.82, 2.24) is 10.2 Å². The Morgan fingerprint density at radius 2 is 1.79 bits per heavy atom. The van der Waals surface area contributed by atoms with E-state index >= 15 is 0 Å². The number of rotatable bonds is 1. The first kappa shape index (κ1) is 21.3. The highest BCUT2D eigenvalue weighted by Crippen LogP contribution is 2.36. The van der Waals surface area contributed by atoms with Crippen LogP contribution in [-0.4, -0.2) is 43.0 Å². The van der Waals surface area contributed by atoms with Gasteiger partial charge in [-0.25, -0.2) is 0 Å². The highest BCUT2D eigenvalue weighted by atomic mass is 16.5. The second-order valence-electron chi connectivity index (χ2n) is 8.99. The molecule has 6 heteroatoms. The van der Waals surface area contributed by atoms with Crippen molar-refractivity contribution in [2.45, 2.75) is 25.7 Å². The molecule has 1 N–H and O–H groups in total. The zero-order chi connectivity index (χ0) is 22.7. The minimum atomic E-state index is -0.116. The summed E-state index contributed by atoms with van der Waals surface area (Å²) < 4.78 is 11.5. The maximum Gasteiger partial charge on any atom is 0.289 e. The summed E-state index contributed by atoms with van der Waals surface area (Å²) in [6.07, 6.45) is 7.66. The molecule has 0 saturated carbocycles. The van der Waals surface area contributed by atoms with Crippen LogP contribution in [0.2, 0.25) is 0 Å². The average Bonchev–Trinajstić information content (AvgIpc) is 3.28. The molecule has 1 fully saturated rings. The number of hydrogen-bond donors (Lipinski definition) is 1.